The largest absolute Gasteiger partial charge is 0.496 e. The lowest BCUT2D eigenvalue weighted by Crippen LogP contribution is -2.42. The van der Waals surface area contributed by atoms with Gasteiger partial charge in [0.1, 0.15) is 11.5 Å². The summed E-state index contributed by atoms with van der Waals surface area (Å²) < 4.78 is 5.59. The first-order valence-electron chi connectivity index (χ1n) is 9.07. The predicted molar refractivity (Wildman–Crippen MR) is 104 cm³/mol. The number of fused-ring (bicyclic) bond motifs is 2. The minimum Gasteiger partial charge on any atom is -0.496 e. The number of benzene rings is 2. The first-order chi connectivity index (χ1) is 12.5. The van der Waals surface area contributed by atoms with Crippen LogP contribution in [-0.4, -0.2) is 18.6 Å². The van der Waals surface area contributed by atoms with Crippen LogP contribution in [0.25, 0.3) is 0 Å². The van der Waals surface area contributed by atoms with Crippen molar-refractivity contribution in [3.05, 3.63) is 54.1 Å². The minimum absolute atomic E-state index is 0.0585. The number of ether oxygens (including phenoxy) is 1. The quantitative estimate of drug-likeness (QED) is 0.836. The van der Waals surface area contributed by atoms with E-state index in [2.05, 4.69) is 19.2 Å². The molecule has 1 aliphatic carbocycles. The Morgan fingerprint density at radius 3 is 2.62 bits per heavy atom. The lowest BCUT2D eigenvalue weighted by atomic mass is 9.68. The molecule has 0 spiro atoms. The summed E-state index contributed by atoms with van der Waals surface area (Å²) >= 11 is 0. The number of rotatable bonds is 2. The number of nitrogens with zero attached hydrogens (tertiary/aromatic N) is 1. The number of hydrogen-bond donors (Lipinski definition) is 1. The predicted octanol–water partition coefficient (Wildman–Crippen LogP) is 4.94. The van der Waals surface area contributed by atoms with Gasteiger partial charge in [0.25, 0.3) is 0 Å². The molecule has 26 heavy (non-hydrogen) atoms. The Morgan fingerprint density at radius 1 is 1.08 bits per heavy atom. The Hall–Kier alpha value is -2.62. The molecule has 134 valence electrons. The van der Waals surface area contributed by atoms with Gasteiger partial charge in [0.15, 0.2) is 0 Å². The molecule has 2 atom stereocenters. The van der Waals surface area contributed by atoms with Gasteiger partial charge in [-0.25, -0.2) is 0 Å². The molecule has 1 unspecified atom stereocenters. The normalized spacial score (nSPS) is 23.8. The van der Waals surface area contributed by atoms with E-state index in [4.69, 9.17) is 9.73 Å². The van der Waals surface area contributed by atoms with Crippen molar-refractivity contribution >= 4 is 22.9 Å². The molecule has 1 heterocycles. The molecule has 0 radical (unpaired) electrons. The number of Topliss-reactive ketones (excluding diaryl/α,β-unsaturated/α-hetero) is 1. The number of carbonyl (C=O) groups is 1. The Labute approximate surface area is 154 Å². The molecular weight excluding hydrogens is 324 g/mol. The summed E-state index contributed by atoms with van der Waals surface area (Å²) in [6.07, 6.45) is 1.39. The molecule has 1 aliphatic heterocycles. The van der Waals surface area contributed by atoms with E-state index in [1.807, 2.05) is 48.5 Å². The molecule has 0 bridgehead atoms. The molecule has 1 N–H and O–H groups in total. The second-order valence-corrected chi connectivity index (χ2v) is 7.95. The smallest absolute Gasteiger partial charge is 0.144 e. The van der Waals surface area contributed by atoms with Gasteiger partial charge in [-0.1, -0.05) is 44.2 Å². The maximum atomic E-state index is 13.2. The first-order valence-corrected chi connectivity index (χ1v) is 9.07. The van der Waals surface area contributed by atoms with Crippen molar-refractivity contribution in [3.63, 3.8) is 0 Å². The molecule has 2 aliphatic rings. The summed E-state index contributed by atoms with van der Waals surface area (Å²) in [5, 5.41) is 3.59. The number of anilines is 1. The van der Waals surface area contributed by atoms with Gasteiger partial charge in [0, 0.05) is 17.7 Å². The van der Waals surface area contributed by atoms with Crippen LogP contribution in [0.5, 0.6) is 5.75 Å². The minimum atomic E-state index is -0.272. The number of hydrogen-bond acceptors (Lipinski definition) is 4. The summed E-state index contributed by atoms with van der Waals surface area (Å²) in [6, 6.07) is 15.7. The van der Waals surface area contributed by atoms with Gasteiger partial charge in [0.05, 0.1) is 30.4 Å². The van der Waals surface area contributed by atoms with E-state index < -0.39 is 0 Å². The monoisotopic (exact) mass is 348 g/mol. The first kappa shape index (κ1) is 16.8. The zero-order chi connectivity index (χ0) is 18.3. The van der Waals surface area contributed by atoms with Crippen LogP contribution in [0.2, 0.25) is 0 Å². The van der Waals surface area contributed by atoms with Crippen LogP contribution in [0.1, 0.15) is 38.3 Å². The SMILES string of the molecule is COc1ccccc1[C@@H]1Nc2ccccc2N=C2CC(C)(C)CC(=O)C21. The van der Waals surface area contributed by atoms with E-state index in [-0.39, 0.29) is 23.2 Å². The number of carbonyl (C=O) groups excluding carboxylic acids is 1. The third-order valence-corrected chi connectivity index (χ3v) is 5.30. The van der Waals surface area contributed by atoms with E-state index in [0.29, 0.717) is 6.42 Å². The maximum Gasteiger partial charge on any atom is 0.144 e. The van der Waals surface area contributed by atoms with E-state index >= 15 is 0 Å². The molecule has 0 saturated heterocycles. The Kier molecular flexibility index (Phi) is 4.06. The summed E-state index contributed by atoms with van der Waals surface area (Å²) in [7, 11) is 1.67. The number of ketones is 1. The molecule has 2 aromatic rings. The van der Waals surface area contributed by atoms with E-state index in [1.165, 1.54) is 0 Å². The summed E-state index contributed by atoms with van der Waals surface area (Å²) in [5.74, 6) is 0.768. The zero-order valence-electron chi connectivity index (χ0n) is 15.5. The number of aliphatic imine (C=N–C) groups is 1. The van der Waals surface area contributed by atoms with Gasteiger partial charge in [-0.3, -0.25) is 9.79 Å². The standard InChI is InChI=1S/C22H24N2O2/c1-22(2)12-17-20(18(25)13-22)21(14-8-4-7-11-19(14)26-3)24-16-10-6-5-9-15(16)23-17/h4-11,20-21,24H,12-13H2,1-3H3/t20?,21-/m0/s1. The number of para-hydroxylation sites is 3. The van der Waals surface area contributed by atoms with Crippen LogP contribution < -0.4 is 10.1 Å². The fraction of sp³-hybridized carbons (Fsp3) is 0.364. The van der Waals surface area contributed by atoms with Crippen molar-refractivity contribution in [1.82, 2.24) is 0 Å². The molecular formula is C22H24N2O2. The van der Waals surface area contributed by atoms with Crippen LogP contribution in [0.15, 0.2) is 53.5 Å². The highest BCUT2D eigenvalue weighted by Crippen LogP contribution is 2.46. The molecule has 2 aromatic carbocycles. The second-order valence-electron chi connectivity index (χ2n) is 7.95. The molecule has 0 amide bonds. The van der Waals surface area contributed by atoms with Crippen molar-refractivity contribution in [2.24, 2.45) is 16.3 Å². The van der Waals surface area contributed by atoms with Gasteiger partial charge in [-0.2, -0.15) is 0 Å². The van der Waals surface area contributed by atoms with Crippen molar-refractivity contribution in [3.8, 4) is 5.75 Å². The average molecular weight is 348 g/mol. The average Bonchev–Trinajstić information content (AvgIpc) is 2.76. The van der Waals surface area contributed by atoms with Crippen LogP contribution in [0.3, 0.4) is 0 Å². The van der Waals surface area contributed by atoms with Crippen molar-refractivity contribution < 1.29 is 9.53 Å². The van der Waals surface area contributed by atoms with Crippen LogP contribution in [0, 0.1) is 11.3 Å². The van der Waals surface area contributed by atoms with Crippen LogP contribution in [-0.2, 0) is 4.79 Å². The summed E-state index contributed by atoms with van der Waals surface area (Å²) in [6.45, 7) is 4.29. The Bertz CT molecular complexity index is 885. The Balaban J connectivity index is 1.89. The van der Waals surface area contributed by atoms with E-state index in [9.17, 15) is 4.79 Å². The summed E-state index contributed by atoms with van der Waals surface area (Å²) in [5.41, 5.74) is 3.76. The molecule has 4 heteroatoms. The van der Waals surface area contributed by atoms with Crippen LogP contribution in [0.4, 0.5) is 11.4 Å². The second kappa shape index (κ2) is 6.27. The fourth-order valence-corrected chi connectivity index (χ4v) is 4.20. The lowest BCUT2D eigenvalue weighted by molar-refractivity contribution is -0.124. The molecule has 0 aromatic heterocycles. The van der Waals surface area contributed by atoms with Crippen molar-refractivity contribution in [1.29, 1.82) is 0 Å². The van der Waals surface area contributed by atoms with Crippen molar-refractivity contribution in [2.75, 3.05) is 12.4 Å². The fourth-order valence-electron chi connectivity index (χ4n) is 4.20. The lowest BCUT2D eigenvalue weighted by Gasteiger charge is -2.37. The highest BCUT2D eigenvalue weighted by atomic mass is 16.5. The maximum absolute atomic E-state index is 13.2. The molecule has 1 fully saturated rings. The molecule has 4 rings (SSSR count). The third-order valence-electron chi connectivity index (χ3n) is 5.30. The highest BCUT2D eigenvalue weighted by Gasteiger charge is 2.44. The Morgan fingerprint density at radius 2 is 1.81 bits per heavy atom. The molecule has 1 saturated carbocycles. The number of nitrogens with one attached hydrogen (secondary N) is 1. The third kappa shape index (κ3) is 2.90. The van der Waals surface area contributed by atoms with Gasteiger partial charge in [0.2, 0.25) is 0 Å². The van der Waals surface area contributed by atoms with Gasteiger partial charge >= 0.3 is 0 Å². The highest BCUT2D eigenvalue weighted by molar-refractivity contribution is 6.10. The van der Waals surface area contributed by atoms with Crippen molar-refractivity contribution in [2.45, 2.75) is 32.7 Å². The zero-order valence-corrected chi connectivity index (χ0v) is 15.5. The van der Waals surface area contributed by atoms with Crippen LogP contribution >= 0.6 is 0 Å². The van der Waals surface area contributed by atoms with Gasteiger partial charge in [-0.15, -0.1) is 0 Å². The number of methoxy groups -OCH3 is 1. The van der Waals surface area contributed by atoms with Gasteiger partial charge in [-0.05, 0) is 30.0 Å². The van der Waals surface area contributed by atoms with Gasteiger partial charge < -0.3 is 10.1 Å². The topological polar surface area (TPSA) is 50.7 Å². The van der Waals surface area contributed by atoms with E-state index in [0.717, 1.165) is 34.8 Å². The molecule has 4 nitrogen and oxygen atoms in total. The summed E-state index contributed by atoms with van der Waals surface area (Å²) in [4.78, 5) is 18.1. The van der Waals surface area contributed by atoms with E-state index in [1.54, 1.807) is 7.11 Å².